The van der Waals surface area contributed by atoms with Gasteiger partial charge in [0.25, 0.3) is 0 Å². The summed E-state index contributed by atoms with van der Waals surface area (Å²) in [7, 11) is 1.70. The zero-order valence-corrected chi connectivity index (χ0v) is 16.1. The molecule has 1 aromatic carbocycles. The Kier molecular flexibility index (Phi) is 6.59. The second-order valence-electron chi connectivity index (χ2n) is 7.68. The number of nitrogens with zero attached hydrogens (tertiary/aromatic N) is 2. The van der Waals surface area contributed by atoms with Crippen molar-refractivity contribution in [3.63, 3.8) is 0 Å². The summed E-state index contributed by atoms with van der Waals surface area (Å²) in [5.41, 5.74) is 1.90. The predicted molar refractivity (Wildman–Crippen MR) is 101 cm³/mol. The molecule has 0 bridgehead atoms. The molecule has 0 aromatic heterocycles. The topological polar surface area (TPSA) is 52.7 Å². The lowest BCUT2D eigenvalue weighted by atomic mass is 9.91. The molecule has 5 nitrogen and oxygen atoms in total. The Hall–Kier alpha value is -1.88. The molecule has 1 N–H and O–H groups in total. The Bertz CT molecular complexity index is 589. The lowest BCUT2D eigenvalue weighted by Crippen LogP contribution is -2.51. The van der Waals surface area contributed by atoms with Gasteiger partial charge in [-0.05, 0) is 44.2 Å². The monoisotopic (exact) mass is 345 g/mol. The average molecular weight is 345 g/mol. The molecule has 5 heteroatoms. The molecule has 0 spiro atoms. The van der Waals surface area contributed by atoms with Gasteiger partial charge in [0.2, 0.25) is 11.8 Å². The van der Waals surface area contributed by atoms with Crippen molar-refractivity contribution in [3.8, 4) is 0 Å². The fourth-order valence-electron chi connectivity index (χ4n) is 3.63. The molecule has 0 saturated carbocycles. The zero-order valence-electron chi connectivity index (χ0n) is 16.1. The summed E-state index contributed by atoms with van der Waals surface area (Å²) in [6.45, 7) is 10.4. The van der Waals surface area contributed by atoms with Gasteiger partial charge >= 0.3 is 0 Å². The van der Waals surface area contributed by atoms with Gasteiger partial charge in [-0.2, -0.15) is 0 Å². The number of rotatable bonds is 5. The molecule has 2 amide bonds. The molecule has 1 saturated heterocycles. The van der Waals surface area contributed by atoms with Gasteiger partial charge < -0.3 is 10.2 Å². The number of likely N-dealkylation sites (N-methyl/N-ethyl adjacent to an activating group) is 1. The number of benzene rings is 1. The standard InChI is InChI=1S/C20H31N3O2/c1-14-6-8-18(9-7-14)21-19(24)13-22(5)20(25)17(4)23-11-15(2)10-16(3)12-23/h6-9,15-17H,10-13H2,1-5H3,(H,21,24)/t15-,16-,17+/m0/s1. The molecule has 1 aromatic rings. The van der Waals surface area contributed by atoms with Crippen LogP contribution in [-0.4, -0.2) is 54.3 Å². The molecule has 25 heavy (non-hydrogen) atoms. The van der Waals surface area contributed by atoms with Gasteiger partial charge in [-0.3, -0.25) is 14.5 Å². The Balaban J connectivity index is 1.88. The minimum absolute atomic E-state index is 0.000330. The number of nitrogens with one attached hydrogen (secondary N) is 1. The highest BCUT2D eigenvalue weighted by atomic mass is 16.2. The van der Waals surface area contributed by atoms with E-state index >= 15 is 0 Å². The Morgan fingerprint density at radius 3 is 2.32 bits per heavy atom. The first-order chi connectivity index (χ1) is 11.8. The van der Waals surface area contributed by atoms with Gasteiger partial charge in [-0.1, -0.05) is 31.5 Å². The van der Waals surface area contributed by atoms with E-state index in [0.717, 1.165) is 24.3 Å². The number of aryl methyl sites for hydroxylation is 1. The SMILES string of the molecule is Cc1ccc(NC(=O)CN(C)C(=O)[C@@H](C)N2C[C@@H](C)C[C@H](C)C2)cc1. The lowest BCUT2D eigenvalue weighted by Gasteiger charge is -2.39. The highest BCUT2D eigenvalue weighted by molar-refractivity contribution is 5.95. The van der Waals surface area contributed by atoms with Crippen LogP contribution in [0, 0.1) is 18.8 Å². The average Bonchev–Trinajstić information content (AvgIpc) is 2.54. The Morgan fingerprint density at radius 2 is 1.76 bits per heavy atom. The fraction of sp³-hybridized carbons (Fsp3) is 0.600. The van der Waals surface area contributed by atoms with E-state index in [1.165, 1.54) is 11.3 Å². The van der Waals surface area contributed by atoms with Gasteiger partial charge in [0.05, 0.1) is 12.6 Å². The quantitative estimate of drug-likeness (QED) is 0.893. The summed E-state index contributed by atoms with van der Waals surface area (Å²) in [5, 5.41) is 2.84. The van der Waals surface area contributed by atoms with Crippen LogP contribution >= 0.6 is 0 Å². The van der Waals surface area contributed by atoms with Crippen LogP contribution in [0.15, 0.2) is 24.3 Å². The Labute approximate surface area is 151 Å². The first kappa shape index (κ1) is 19.4. The van der Waals surface area contributed by atoms with Crippen LogP contribution in [0.3, 0.4) is 0 Å². The number of likely N-dealkylation sites (tertiary alicyclic amines) is 1. The van der Waals surface area contributed by atoms with E-state index < -0.39 is 0 Å². The maximum atomic E-state index is 12.7. The van der Waals surface area contributed by atoms with Crippen LogP contribution in [0.4, 0.5) is 5.69 Å². The summed E-state index contributed by atoms with van der Waals surface area (Å²) < 4.78 is 0. The van der Waals surface area contributed by atoms with Crippen LogP contribution in [0.5, 0.6) is 0 Å². The zero-order chi connectivity index (χ0) is 18.6. The molecule has 2 rings (SSSR count). The van der Waals surface area contributed by atoms with Crippen LogP contribution < -0.4 is 5.32 Å². The first-order valence-electron chi connectivity index (χ1n) is 9.11. The highest BCUT2D eigenvalue weighted by Crippen LogP contribution is 2.23. The summed E-state index contributed by atoms with van der Waals surface area (Å²) in [4.78, 5) is 28.7. The van der Waals surface area contributed by atoms with Crippen LogP contribution in [0.2, 0.25) is 0 Å². The fourth-order valence-corrected chi connectivity index (χ4v) is 3.63. The minimum atomic E-state index is -0.192. The van der Waals surface area contributed by atoms with Gasteiger partial charge in [-0.15, -0.1) is 0 Å². The molecule has 0 radical (unpaired) electrons. The molecule has 0 aliphatic carbocycles. The van der Waals surface area contributed by atoms with E-state index in [1.807, 2.05) is 38.1 Å². The number of carbonyl (C=O) groups excluding carboxylic acids is 2. The molecule has 1 aliphatic rings. The molecular weight excluding hydrogens is 314 g/mol. The number of hydrogen-bond acceptors (Lipinski definition) is 3. The second kappa shape index (κ2) is 8.48. The molecule has 1 fully saturated rings. The highest BCUT2D eigenvalue weighted by Gasteiger charge is 2.30. The van der Waals surface area contributed by atoms with Crippen molar-refractivity contribution in [2.24, 2.45) is 11.8 Å². The third kappa shape index (κ3) is 5.56. The molecular formula is C20H31N3O2. The molecule has 1 aliphatic heterocycles. The summed E-state index contributed by atoms with van der Waals surface area (Å²) in [6.07, 6.45) is 1.21. The van der Waals surface area contributed by atoms with Crippen LogP contribution in [0.25, 0.3) is 0 Å². The van der Waals surface area contributed by atoms with Crippen molar-refractivity contribution in [3.05, 3.63) is 29.8 Å². The number of amides is 2. The summed E-state index contributed by atoms with van der Waals surface area (Å²) in [6, 6.07) is 7.45. The van der Waals surface area contributed by atoms with Crippen LogP contribution in [0.1, 0.15) is 32.8 Å². The van der Waals surface area contributed by atoms with Gasteiger partial charge in [0.1, 0.15) is 0 Å². The number of carbonyl (C=O) groups is 2. The molecule has 1 heterocycles. The number of piperidine rings is 1. The van der Waals surface area contributed by atoms with E-state index in [-0.39, 0.29) is 24.4 Å². The maximum Gasteiger partial charge on any atom is 0.243 e. The van der Waals surface area contributed by atoms with Crippen LogP contribution in [-0.2, 0) is 9.59 Å². The summed E-state index contributed by atoms with van der Waals surface area (Å²) >= 11 is 0. The maximum absolute atomic E-state index is 12.7. The third-order valence-corrected chi connectivity index (χ3v) is 4.89. The van der Waals surface area contributed by atoms with E-state index in [0.29, 0.717) is 11.8 Å². The van der Waals surface area contributed by atoms with Gasteiger partial charge in [0.15, 0.2) is 0 Å². The Morgan fingerprint density at radius 1 is 1.20 bits per heavy atom. The van der Waals surface area contributed by atoms with Gasteiger partial charge in [0, 0.05) is 25.8 Å². The normalized spacial score (nSPS) is 22.3. The van der Waals surface area contributed by atoms with Crippen molar-refractivity contribution in [2.75, 3.05) is 32.0 Å². The minimum Gasteiger partial charge on any atom is -0.335 e. The second-order valence-corrected chi connectivity index (χ2v) is 7.68. The van der Waals surface area contributed by atoms with Crippen molar-refractivity contribution >= 4 is 17.5 Å². The van der Waals surface area contributed by atoms with Crippen molar-refractivity contribution in [1.29, 1.82) is 0 Å². The van der Waals surface area contributed by atoms with E-state index in [1.54, 1.807) is 7.05 Å². The molecule has 138 valence electrons. The molecule has 0 unspecified atom stereocenters. The largest absolute Gasteiger partial charge is 0.335 e. The third-order valence-electron chi connectivity index (χ3n) is 4.89. The molecule has 3 atom stereocenters. The predicted octanol–water partition coefficient (Wildman–Crippen LogP) is 2.76. The van der Waals surface area contributed by atoms with E-state index in [9.17, 15) is 9.59 Å². The number of hydrogen-bond donors (Lipinski definition) is 1. The lowest BCUT2D eigenvalue weighted by molar-refractivity contribution is -0.138. The first-order valence-corrected chi connectivity index (χ1v) is 9.11. The number of anilines is 1. The van der Waals surface area contributed by atoms with E-state index in [2.05, 4.69) is 24.1 Å². The van der Waals surface area contributed by atoms with Crippen molar-refractivity contribution < 1.29 is 9.59 Å². The summed E-state index contributed by atoms with van der Waals surface area (Å²) in [5.74, 6) is 1.04. The van der Waals surface area contributed by atoms with Crippen molar-refractivity contribution in [2.45, 2.75) is 40.2 Å². The smallest absolute Gasteiger partial charge is 0.243 e. The van der Waals surface area contributed by atoms with Crippen molar-refractivity contribution in [1.82, 2.24) is 9.80 Å². The van der Waals surface area contributed by atoms with E-state index in [4.69, 9.17) is 0 Å². The van der Waals surface area contributed by atoms with Gasteiger partial charge in [-0.25, -0.2) is 0 Å².